The number of anilines is 2. The average molecular weight is 966 g/mol. The van der Waals surface area contributed by atoms with E-state index in [0.717, 1.165) is 92.9 Å². The summed E-state index contributed by atoms with van der Waals surface area (Å²) in [6.07, 6.45) is 9.51. The summed E-state index contributed by atoms with van der Waals surface area (Å²) < 4.78 is 45.7. The van der Waals surface area contributed by atoms with Gasteiger partial charge >= 0.3 is 6.03 Å². The van der Waals surface area contributed by atoms with Crippen molar-refractivity contribution < 1.29 is 37.4 Å². The summed E-state index contributed by atoms with van der Waals surface area (Å²) in [5, 5.41) is 18.1. The van der Waals surface area contributed by atoms with Crippen molar-refractivity contribution in [2.24, 2.45) is 24.6 Å². The summed E-state index contributed by atoms with van der Waals surface area (Å²) in [6.45, 7) is 3.38. The number of imide groups is 1. The third kappa shape index (κ3) is 9.44. The van der Waals surface area contributed by atoms with Gasteiger partial charge in [-0.25, -0.2) is 13.6 Å². The molecule has 4 aromatic carbocycles. The topological polar surface area (TPSA) is 182 Å². The highest BCUT2D eigenvalue weighted by Crippen LogP contribution is 2.56. The second-order valence-electron chi connectivity index (χ2n) is 19.1. The Morgan fingerprint density at radius 2 is 1.71 bits per heavy atom. The van der Waals surface area contributed by atoms with Crippen LogP contribution in [0.3, 0.4) is 0 Å². The second-order valence-corrected chi connectivity index (χ2v) is 19.4. The van der Waals surface area contributed by atoms with E-state index < -0.39 is 35.1 Å². The van der Waals surface area contributed by atoms with Crippen LogP contribution in [-0.2, 0) is 22.2 Å². The van der Waals surface area contributed by atoms with E-state index in [1.54, 1.807) is 4.68 Å². The van der Waals surface area contributed by atoms with Gasteiger partial charge in [-0.2, -0.15) is 5.10 Å². The number of nitrogens with zero attached hydrogens (tertiary/aromatic N) is 3. The van der Waals surface area contributed by atoms with Gasteiger partial charge in [-0.15, -0.1) is 0 Å². The number of aromatic nitrogens is 2. The third-order valence-electron chi connectivity index (χ3n) is 15.0. The van der Waals surface area contributed by atoms with Gasteiger partial charge in [0.25, 0.3) is 0 Å². The first-order chi connectivity index (χ1) is 33.3. The van der Waals surface area contributed by atoms with Gasteiger partial charge in [-0.1, -0.05) is 48.9 Å². The molecule has 2 unspecified atom stereocenters. The molecule has 0 radical (unpaired) electrons. The first kappa shape index (κ1) is 47.8. The van der Waals surface area contributed by atoms with Crippen molar-refractivity contribution in [3.63, 3.8) is 0 Å². The van der Waals surface area contributed by atoms with Crippen LogP contribution in [0.2, 0.25) is 5.02 Å². The molecule has 2 aliphatic carbocycles. The van der Waals surface area contributed by atoms with Gasteiger partial charge in [-0.05, 0) is 106 Å². The van der Waals surface area contributed by atoms with E-state index in [0.29, 0.717) is 30.4 Å². The molecular formula is C52H59ClF2N8O6. The predicted octanol–water partition coefficient (Wildman–Crippen LogP) is 8.83. The summed E-state index contributed by atoms with van der Waals surface area (Å²) in [6, 6.07) is 19.3. The highest BCUT2D eigenvalue weighted by Gasteiger charge is 2.50. The van der Waals surface area contributed by atoms with Crippen LogP contribution >= 0.6 is 11.6 Å². The Bertz CT molecular complexity index is 2770. The number of urea groups is 1. The number of primary amides is 1. The molecule has 0 bridgehead atoms. The number of fused-ring (bicyclic) bond motifs is 2. The normalized spacial score (nSPS) is 23.6. The molecular weight excluding hydrogens is 906 g/mol. The molecule has 5 aromatic rings. The molecule has 0 spiro atoms. The van der Waals surface area contributed by atoms with Crippen molar-refractivity contribution in [2.45, 2.75) is 101 Å². The molecule has 69 heavy (non-hydrogen) atoms. The van der Waals surface area contributed by atoms with Crippen LogP contribution in [0.25, 0.3) is 22.0 Å². The standard InChI is InChI=1S/C52H59ClF2N8O6/c1-29-43-41(27-38(54)46(53)45(43)44-37(48(56)65)21-22-40(68-3)47(44)55)69-52(29,32-9-5-4-6-10-32)28-58-33-17-13-31(14-18-33)50(66)59-34-15-11-30(12-16-34)8-7-24-57-35-19-20-36-39(26-35)62(2)61-49(36)63-25-23-42(64)60-51(63)67/h4-6,9-10,19-22,26-27,29-31,33-34,57-58H,7-8,11-18,23-25,28H2,1-3H3,(H2,56,65)(H,59,66)(H,60,64,67). The van der Waals surface area contributed by atoms with Crippen molar-refractivity contribution in [3.05, 3.63) is 100 Å². The molecule has 364 valence electrons. The summed E-state index contributed by atoms with van der Waals surface area (Å²) in [5.41, 5.74) is 7.41. The smallest absolute Gasteiger partial charge is 0.329 e. The van der Waals surface area contributed by atoms with Crippen LogP contribution in [-0.4, -0.2) is 72.4 Å². The number of hydrogen-bond donors (Lipinski definition) is 5. The SMILES string of the molecule is COc1ccc(C(N)=O)c(-c2c(Cl)c(F)cc3c2C(C)C(CNC2CCC(C(=O)NC4CCC(CCCNc5ccc6c(N7CCC(=O)NC7=O)nn(C)c6c5)CC4)CC2)(c2ccccc2)O3)c1F. The molecule has 2 atom stereocenters. The van der Waals surface area contributed by atoms with Crippen molar-refractivity contribution in [1.82, 2.24) is 25.7 Å². The third-order valence-corrected chi connectivity index (χ3v) is 15.3. The summed E-state index contributed by atoms with van der Waals surface area (Å²) in [5.74, 6) is -2.15. The highest BCUT2D eigenvalue weighted by atomic mass is 35.5. The molecule has 14 nitrogen and oxygen atoms in total. The number of hydrogen-bond acceptors (Lipinski definition) is 9. The largest absolute Gasteiger partial charge is 0.494 e. The molecule has 1 aromatic heterocycles. The number of carbonyl (C=O) groups is 4. The maximum atomic E-state index is 16.2. The lowest BCUT2D eigenvalue weighted by atomic mass is 9.77. The van der Waals surface area contributed by atoms with E-state index in [4.69, 9.17) is 26.8 Å². The number of methoxy groups -OCH3 is 1. The van der Waals surface area contributed by atoms with Crippen molar-refractivity contribution in [2.75, 3.05) is 37.0 Å². The number of benzene rings is 4. The molecule has 9 rings (SSSR count). The number of carbonyl (C=O) groups excluding carboxylic acids is 4. The van der Waals surface area contributed by atoms with Crippen molar-refractivity contribution in [1.29, 1.82) is 0 Å². The minimum absolute atomic E-state index is 0.00355. The number of amides is 5. The molecule has 4 aliphatic rings. The van der Waals surface area contributed by atoms with Gasteiger partial charge in [0.1, 0.15) is 11.6 Å². The minimum atomic E-state index is -1.07. The molecule has 2 saturated carbocycles. The minimum Gasteiger partial charge on any atom is -0.494 e. The summed E-state index contributed by atoms with van der Waals surface area (Å²) in [4.78, 5) is 51.9. The molecule has 2 aliphatic heterocycles. The Balaban J connectivity index is 0.760. The zero-order valence-corrected chi connectivity index (χ0v) is 39.9. The lowest BCUT2D eigenvalue weighted by Gasteiger charge is -2.37. The average Bonchev–Trinajstić information content (AvgIpc) is 3.82. The number of nitrogens with two attached hydrogens (primary N) is 1. The zero-order chi connectivity index (χ0) is 48.6. The van der Waals surface area contributed by atoms with Crippen LogP contribution in [0, 0.1) is 23.5 Å². The number of nitrogens with one attached hydrogen (secondary N) is 4. The summed E-state index contributed by atoms with van der Waals surface area (Å²) in [7, 11) is 3.15. The van der Waals surface area contributed by atoms with Crippen LogP contribution in [0.5, 0.6) is 11.5 Å². The van der Waals surface area contributed by atoms with E-state index in [9.17, 15) is 19.2 Å². The fourth-order valence-corrected chi connectivity index (χ4v) is 11.3. The van der Waals surface area contributed by atoms with Gasteiger partial charge in [0.05, 0.1) is 23.2 Å². The van der Waals surface area contributed by atoms with Crippen molar-refractivity contribution in [3.8, 4) is 22.6 Å². The summed E-state index contributed by atoms with van der Waals surface area (Å²) >= 11 is 6.69. The zero-order valence-electron chi connectivity index (χ0n) is 39.1. The Morgan fingerprint density at radius 3 is 2.42 bits per heavy atom. The molecule has 1 saturated heterocycles. The number of rotatable bonds is 15. The lowest BCUT2D eigenvalue weighted by Crippen LogP contribution is -2.49. The quantitative estimate of drug-likeness (QED) is 0.0641. The molecule has 3 fully saturated rings. The fraction of sp³-hybridized carbons (Fsp3) is 0.442. The monoisotopic (exact) mass is 964 g/mol. The first-order valence-corrected chi connectivity index (χ1v) is 24.4. The van der Waals surface area contributed by atoms with Gasteiger partial charge < -0.3 is 31.2 Å². The Labute approximate surface area is 405 Å². The second kappa shape index (κ2) is 20.0. The number of ether oxygens (including phenoxy) is 2. The fourth-order valence-electron chi connectivity index (χ4n) is 11.1. The Morgan fingerprint density at radius 1 is 0.971 bits per heavy atom. The first-order valence-electron chi connectivity index (χ1n) is 24.0. The van der Waals surface area contributed by atoms with E-state index in [1.165, 1.54) is 30.2 Å². The van der Waals surface area contributed by atoms with E-state index in [1.807, 2.05) is 62.5 Å². The van der Waals surface area contributed by atoms with E-state index >= 15 is 8.78 Å². The van der Waals surface area contributed by atoms with Crippen molar-refractivity contribution >= 4 is 57.8 Å². The van der Waals surface area contributed by atoms with Gasteiger partial charge in [0.15, 0.2) is 23.0 Å². The van der Waals surface area contributed by atoms with Crippen LogP contribution in [0.15, 0.2) is 66.7 Å². The molecule has 17 heteroatoms. The number of aryl methyl sites for hydroxylation is 1. The highest BCUT2D eigenvalue weighted by molar-refractivity contribution is 6.34. The molecule has 6 N–H and O–H groups in total. The van der Waals surface area contributed by atoms with Crippen LogP contribution in [0.1, 0.15) is 105 Å². The molecule has 3 heterocycles. The Hall–Kier alpha value is -6.26. The maximum absolute atomic E-state index is 16.2. The molecule has 5 amide bonds. The maximum Gasteiger partial charge on any atom is 0.329 e. The van der Waals surface area contributed by atoms with E-state index in [2.05, 4.69) is 26.4 Å². The van der Waals surface area contributed by atoms with Gasteiger partial charge in [0, 0.05) is 90.9 Å². The lowest BCUT2D eigenvalue weighted by molar-refractivity contribution is -0.127. The van der Waals surface area contributed by atoms with Crippen LogP contribution < -0.4 is 41.4 Å². The van der Waals surface area contributed by atoms with Crippen LogP contribution in [0.4, 0.5) is 25.1 Å². The van der Waals surface area contributed by atoms with Gasteiger partial charge in [-0.3, -0.25) is 29.3 Å². The predicted molar refractivity (Wildman–Crippen MR) is 261 cm³/mol. The Kier molecular flexibility index (Phi) is 13.8. The van der Waals surface area contributed by atoms with E-state index in [-0.39, 0.29) is 69.4 Å². The van der Waals surface area contributed by atoms with Gasteiger partial charge in [0.2, 0.25) is 17.7 Å². The number of halogens is 3.